The highest BCUT2D eigenvalue weighted by Gasteiger charge is 2.24. The highest BCUT2D eigenvalue weighted by molar-refractivity contribution is 7.91. The van der Waals surface area contributed by atoms with Gasteiger partial charge in [-0.1, -0.05) is 0 Å². The number of guanidine groups is 1. The summed E-state index contributed by atoms with van der Waals surface area (Å²) in [5.74, 6) is 1.39. The van der Waals surface area contributed by atoms with Crippen LogP contribution in [-0.4, -0.2) is 87.9 Å². The Kier molecular flexibility index (Phi) is 6.85. The number of likely N-dealkylation sites (tertiary alicyclic amines) is 1. The van der Waals surface area contributed by atoms with E-state index in [1.807, 2.05) is 0 Å². The van der Waals surface area contributed by atoms with Crippen molar-refractivity contribution in [3.63, 3.8) is 0 Å². The monoisotopic (exact) mass is 359 g/mol. The van der Waals surface area contributed by atoms with Crippen LogP contribution >= 0.6 is 0 Å². The van der Waals surface area contributed by atoms with E-state index in [9.17, 15) is 13.2 Å². The van der Waals surface area contributed by atoms with Crippen molar-refractivity contribution in [1.29, 1.82) is 0 Å². The molecule has 2 heterocycles. The summed E-state index contributed by atoms with van der Waals surface area (Å²) in [6, 6.07) is 0. The van der Waals surface area contributed by atoms with Crippen LogP contribution in [0.25, 0.3) is 0 Å². The number of hydrogen-bond donors (Lipinski definition) is 2. The molecule has 2 fully saturated rings. The average molecular weight is 359 g/mol. The lowest BCUT2D eigenvalue weighted by Crippen LogP contribution is -2.49. The maximum atomic E-state index is 11.4. The summed E-state index contributed by atoms with van der Waals surface area (Å²) in [7, 11) is -1.07. The molecule has 0 spiro atoms. The molecule has 9 heteroatoms. The van der Waals surface area contributed by atoms with Crippen LogP contribution in [0.5, 0.6) is 0 Å². The van der Waals surface area contributed by atoms with Gasteiger partial charge in [-0.2, -0.15) is 0 Å². The van der Waals surface area contributed by atoms with Crippen molar-refractivity contribution < 1.29 is 13.2 Å². The summed E-state index contributed by atoms with van der Waals surface area (Å²) in [4.78, 5) is 19.8. The number of hydrogen-bond acceptors (Lipinski definition) is 5. The van der Waals surface area contributed by atoms with Crippen LogP contribution in [0.1, 0.15) is 19.3 Å². The molecule has 2 aliphatic rings. The highest BCUT2D eigenvalue weighted by atomic mass is 32.2. The summed E-state index contributed by atoms with van der Waals surface area (Å²) in [6.07, 6.45) is 2.48. The average Bonchev–Trinajstić information content (AvgIpc) is 2.52. The fraction of sp³-hybridized carbons (Fsp3) is 0.867. The first-order valence-electron chi connectivity index (χ1n) is 8.56. The summed E-state index contributed by atoms with van der Waals surface area (Å²) >= 11 is 0. The van der Waals surface area contributed by atoms with Crippen LogP contribution in [0.3, 0.4) is 0 Å². The van der Waals surface area contributed by atoms with Gasteiger partial charge in [0.05, 0.1) is 11.5 Å². The number of carbonyl (C=O) groups is 1. The predicted molar refractivity (Wildman–Crippen MR) is 94.6 cm³/mol. The van der Waals surface area contributed by atoms with Gasteiger partial charge in [0, 0.05) is 52.7 Å². The minimum Gasteiger partial charge on any atom is -0.370 e. The number of sulfone groups is 1. The molecular formula is C15H29N5O3S. The van der Waals surface area contributed by atoms with E-state index in [1.165, 1.54) is 0 Å². The van der Waals surface area contributed by atoms with Crippen LogP contribution in [0.15, 0.2) is 4.99 Å². The van der Waals surface area contributed by atoms with Gasteiger partial charge in [0.25, 0.3) is 0 Å². The Bertz CT molecular complexity index is 549. The lowest BCUT2D eigenvalue weighted by molar-refractivity contribution is -0.119. The maximum Gasteiger partial charge on any atom is 0.217 e. The zero-order valence-electron chi connectivity index (χ0n) is 14.4. The molecule has 24 heavy (non-hydrogen) atoms. The molecule has 0 aromatic rings. The summed E-state index contributed by atoms with van der Waals surface area (Å²) in [5, 5.41) is 3.35. The fourth-order valence-electron chi connectivity index (χ4n) is 3.34. The third-order valence-corrected chi connectivity index (χ3v) is 6.28. The standard InChI is InChI=1S/C15H29N5O3S/c1-17-15(20-5-2-3-13(12-20)11-14(16)21)18-4-6-19-7-9-24(22,23)10-8-19/h13H,2-12H2,1H3,(H2,16,21)(H,17,18). The quantitative estimate of drug-likeness (QED) is 0.475. The minimum absolute atomic E-state index is 0.246. The van der Waals surface area contributed by atoms with Gasteiger partial charge in [0.1, 0.15) is 0 Å². The number of nitrogens with zero attached hydrogens (tertiary/aromatic N) is 3. The van der Waals surface area contributed by atoms with E-state index < -0.39 is 9.84 Å². The Morgan fingerprint density at radius 1 is 1.29 bits per heavy atom. The third kappa shape index (κ3) is 5.94. The number of nitrogens with two attached hydrogens (primary N) is 1. The molecule has 1 unspecified atom stereocenters. The molecule has 0 aromatic heterocycles. The molecule has 0 aliphatic carbocycles. The number of primary amides is 1. The molecule has 1 atom stereocenters. The molecule has 2 rings (SSSR count). The number of carbonyl (C=O) groups excluding carboxylic acids is 1. The van der Waals surface area contributed by atoms with Crippen molar-refractivity contribution in [3.8, 4) is 0 Å². The zero-order valence-corrected chi connectivity index (χ0v) is 15.2. The minimum atomic E-state index is -2.83. The molecule has 0 bridgehead atoms. The predicted octanol–water partition coefficient (Wildman–Crippen LogP) is -1.12. The fourth-order valence-corrected chi connectivity index (χ4v) is 4.62. The zero-order chi connectivity index (χ0) is 17.6. The molecule has 2 aliphatic heterocycles. The van der Waals surface area contributed by atoms with Crippen LogP contribution in [0, 0.1) is 5.92 Å². The van der Waals surface area contributed by atoms with Crippen LogP contribution in [0.2, 0.25) is 0 Å². The van der Waals surface area contributed by atoms with Crippen LogP contribution in [-0.2, 0) is 14.6 Å². The second-order valence-corrected chi connectivity index (χ2v) is 8.90. The van der Waals surface area contributed by atoms with Gasteiger partial charge >= 0.3 is 0 Å². The Morgan fingerprint density at radius 2 is 2.00 bits per heavy atom. The van der Waals surface area contributed by atoms with Crippen LogP contribution in [0.4, 0.5) is 0 Å². The van der Waals surface area contributed by atoms with Gasteiger partial charge in [-0.3, -0.25) is 14.7 Å². The number of amides is 1. The summed E-state index contributed by atoms with van der Waals surface area (Å²) in [6.45, 7) is 4.46. The van der Waals surface area contributed by atoms with E-state index >= 15 is 0 Å². The Labute approximate surface area is 144 Å². The largest absolute Gasteiger partial charge is 0.370 e. The molecule has 0 radical (unpaired) electrons. The Morgan fingerprint density at radius 3 is 2.62 bits per heavy atom. The number of piperidine rings is 1. The number of aliphatic imine (C=N–C) groups is 1. The first-order chi connectivity index (χ1) is 11.4. The van der Waals surface area contributed by atoms with Crippen molar-refractivity contribution >= 4 is 21.7 Å². The Balaban J connectivity index is 1.75. The normalized spacial score (nSPS) is 25.5. The van der Waals surface area contributed by atoms with Gasteiger partial charge in [0.15, 0.2) is 15.8 Å². The maximum absolute atomic E-state index is 11.4. The highest BCUT2D eigenvalue weighted by Crippen LogP contribution is 2.19. The van der Waals surface area contributed by atoms with E-state index in [-0.39, 0.29) is 17.4 Å². The second kappa shape index (κ2) is 8.66. The van der Waals surface area contributed by atoms with E-state index in [4.69, 9.17) is 5.73 Å². The van der Waals surface area contributed by atoms with Crippen molar-refractivity contribution in [3.05, 3.63) is 0 Å². The third-order valence-electron chi connectivity index (χ3n) is 4.67. The SMILES string of the molecule is CN=C(NCCN1CCS(=O)(=O)CC1)N1CCCC(CC(N)=O)C1. The summed E-state index contributed by atoms with van der Waals surface area (Å²) in [5.41, 5.74) is 5.31. The topological polar surface area (TPSA) is 108 Å². The first kappa shape index (κ1) is 19.0. The van der Waals surface area contributed by atoms with E-state index in [1.54, 1.807) is 7.05 Å². The van der Waals surface area contributed by atoms with Crippen molar-refractivity contribution in [2.75, 3.05) is 57.8 Å². The lowest BCUT2D eigenvalue weighted by atomic mass is 9.95. The number of nitrogens with one attached hydrogen (secondary N) is 1. The molecule has 3 N–H and O–H groups in total. The van der Waals surface area contributed by atoms with Crippen molar-refractivity contribution in [2.24, 2.45) is 16.6 Å². The first-order valence-corrected chi connectivity index (χ1v) is 10.4. The van der Waals surface area contributed by atoms with Crippen LogP contribution < -0.4 is 11.1 Å². The summed E-state index contributed by atoms with van der Waals surface area (Å²) < 4.78 is 22.9. The van der Waals surface area contributed by atoms with E-state index in [0.717, 1.165) is 45.0 Å². The molecule has 1 amide bonds. The molecule has 138 valence electrons. The van der Waals surface area contributed by atoms with Crippen molar-refractivity contribution in [2.45, 2.75) is 19.3 Å². The second-order valence-electron chi connectivity index (χ2n) is 6.59. The van der Waals surface area contributed by atoms with Gasteiger partial charge in [-0.15, -0.1) is 0 Å². The molecular weight excluding hydrogens is 330 g/mol. The van der Waals surface area contributed by atoms with E-state index in [0.29, 0.717) is 25.4 Å². The van der Waals surface area contributed by atoms with Gasteiger partial charge < -0.3 is 16.0 Å². The molecule has 0 aromatic carbocycles. The van der Waals surface area contributed by atoms with Gasteiger partial charge in [-0.05, 0) is 18.8 Å². The Hall–Kier alpha value is -1.35. The smallest absolute Gasteiger partial charge is 0.217 e. The van der Waals surface area contributed by atoms with Crippen molar-refractivity contribution in [1.82, 2.24) is 15.1 Å². The molecule has 2 saturated heterocycles. The lowest BCUT2D eigenvalue weighted by Gasteiger charge is -2.35. The van der Waals surface area contributed by atoms with Gasteiger partial charge in [-0.25, -0.2) is 8.42 Å². The van der Waals surface area contributed by atoms with Gasteiger partial charge in [0.2, 0.25) is 5.91 Å². The molecule has 0 saturated carbocycles. The van der Waals surface area contributed by atoms with E-state index in [2.05, 4.69) is 20.1 Å². The number of rotatable bonds is 5. The molecule has 8 nitrogen and oxygen atoms in total.